The predicted octanol–water partition coefficient (Wildman–Crippen LogP) is 15.7. The lowest BCUT2D eigenvalue weighted by Crippen LogP contribution is -2.16. The van der Waals surface area contributed by atoms with Crippen LogP contribution in [-0.4, -0.2) is 15.0 Å². The van der Waals surface area contributed by atoms with Gasteiger partial charge >= 0.3 is 0 Å². The van der Waals surface area contributed by atoms with Crippen LogP contribution in [0, 0.1) is 0 Å². The Labute approximate surface area is 373 Å². The second-order valence-electron chi connectivity index (χ2n) is 16.7. The van der Waals surface area contributed by atoms with Crippen LogP contribution in [0.2, 0.25) is 0 Å². The largest absolute Gasteiger partial charge is 0.208 e. The number of hydrogen-bond donors (Lipinski definition) is 0. The van der Waals surface area contributed by atoms with Gasteiger partial charge in [0.05, 0.1) is 0 Å². The molecule has 64 heavy (non-hydrogen) atoms. The van der Waals surface area contributed by atoms with Crippen molar-refractivity contribution in [3.05, 3.63) is 248 Å². The van der Waals surface area contributed by atoms with Gasteiger partial charge in [0.2, 0.25) is 0 Å². The Morgan fingerprint density at radius 1 is 0.281 bits per heavy atom. The first-order valence-electron chi connectivity index (χ1n) is 22.0. The van der Waals surface area contributed by atoms with Crippen molar-refractivity contribution in [3.8, 4) is 89.8 Å². The zero-order chi connectivity index (χ0) is 42.4. The van der Waals surface area contributed by atoms with Gasteiger partial charge in [0.25, 0.3) is 0 Å². The van der Waals surface area contributed by atoms with Gasteiger partial charge in [-0.25, -0.2) is 15.0 Å². The topological polar surface area (TPSA) is 38.7 Å². The summed E-state index contributed by atoms with van der Waals surface area (Å²) in [6.07, 6.45) is 9.10. The molecular weight excluding hydrogens is 775 g/mol. The minimum atomic E-state index is 0.357. The highest BCUT2D eigenvalue weighted by molar-refractivity contribution is 6.04. The SMILES string of the molecule is C1=CC2c3ccccc3-c3cc(-c4ccc(-c5c(-c6ccc(-c7nc(-c8ccccc8)nc(-c8ccc(-c9ccccc9)cc8)n7)cc6)ccc6ccccc56)cc4)ccc3C2C=C1. The highest BCUT2D eigenvalue weighted by atomic mass is 15.0. The van der Waals surface area contributed by atoms with Crippen LogP contribution in [0.15, 0.2) is 237 Å². The molecule has 0 saturated carbocycles. The normalized spacial score (nSPS) is 14.8. The van der Waals surface area contributed by atoms with Gasteiger partial charge in [0.15, 0.2) is 17.5 Å². The third-order valence-electron chi connectivity index (χ3n) is 13.0. The summed E-state index contributed by atoms with van der Waals surface area (Å²) in [4.78, 5) is 15.1. The lowest BCUT2D eigenvalue weighted by Gasteiger charge is -2.34. The van der Waals surface area contributed by atoms with Crippen LogP contribution in [0.25, 0.3) is 101 Å². The molecule has 0 fully saturated rings. The molecular formula is C61H41N3. The van der Waals surface area contributed by atoms with Gasteiger partial charge in [-0.1, -0.05) is 231 Å². The van der Waals surface area contributed by atoms with Crippen molar-refractivity contribution in [2.45, 2.75) is 11.8 Å². The first kappa shape index (κ1) is 37.5. The molecule has 2 atom stereocenters. The molecule has 0 aliphatic heterocycles. The number of rotatable bonds is 7. The summed E-state index contributed by atoms with van der Waals surface area (Å²) in [6.45, 7) is 0. The van der Waals surface area contributed by atoms with Gasteiger partial charge in [-0.15, -0.1) is 0 Å². The zero-order valence-corrected chi connectivity index (χ0v) is 35.0. The van der Waals surface area contributed by atoms with E-state index in [2.05, 4.69) is 200 Å². The van der Waals surface area contributed by atoms with Crippen LogP contribution >= 0.6 is 0 Å². The fraction of sp³-hybridized carbons (Fsp3) is 0.0328. The van der Waals surface area contributed by atoms with Crippen LogP contribution in [0.1, 0.15) is 23.0 Å². The highest BCUT2D eigenvalue weighted by Crippen LogP contribution is 2.50. The maximum absolute atomic E-state index is 5.07. The van der Waals surface area contributed by atoms with E-state index in [0.717, 1.165) is 27.8 Å². The second kappa shape index (κ2) is 15.9. The minimum Gasteiger partial charge on any atom is -0.208 e. The lowest BCUT2D eigenvalue weighted by atomic mass is 9.69. The average molecular weight is 816 g/mol. The van der Waals surface area contributed by atoms with E-state index in [1.165, 1.54) is 66.4 Å². The van der Waals surface area contributed by atoms with Crippen molar-refractivity contribution in [3.63, 3.8) is 0 Å². The van der Waals surface area contributed by atoms with Crippen molar-refractivity contribution >= 4 is 10.8 Å². The maximum atomic E-state index is 5.07. The molecule has 3 nitrogen and oxygen atoms in total. The van der Waals surface area contributed by atoms with Crippen LogP contribution in [-0.2, 0) is 0 Å². The molecule has 2 aliphatic rings. The number of allylic oxidation sites excluding steroid dienone is 4. The fourth-order valence-electron chi connectivity index (χ4n) is 9.74. The maximum Gasteiger partial charge on any atom is 0.164 e. The van der Waals surface area contributed by atoms with E-state index >= 15 is 0 Å². The van der Waals surface area contributed by atoms with E-state index in [9.17, 15) is 0 Å². The second-order valence-corrected chi connectivity index (χ2v) is 16.7. The molecule has 0 spiro atoms. The summed E-state index contributed by atoms with van der Waals surface area (Å²) in [5.74, 6) is 2.65. The number of aromatic nitrogens is 3. The lowest BCUT2D eigenvalue weighted by molar-refractivity contribution is 0.720. The minimum absolute atomic E-state index is 0.357. The van der Waals surface area contributed by atoms with E-state index < -0.39 is 0 Å². The van der Waals surface area contributed by atoms with Crippen molar-refractivity contribution in [2.75, 3.05) is 0 Å². The van der Waals surface area contributed by atoms with Crippen molar-refractivity contribution in [1.29, 1.82) is 0 Å². The third-order valence-corrected chi connectivity index (χ3v) is 13.0. The van der Waals surface area contributed by atoms with Gasteiger partial charge in [-0.05, 0) is 83.6 Å². The zero-order valence-electron chi connectivity index (χ0n) is 35.0. The van der Waals surface area contributed by atoms with Gasteiger partial charge in [-0.3, -0.25) is 0 Å². The Morgan fingerprint density at radius 3 is 1.39 bits per heavy atom. The first-order valence-corrected chi connectivity index (χ1v) is 22.0. The molecule has 1 aromatic heterocycles. The predicted molar refractivity (Wildman–Crippen MR) is 265 cm³/mol. The molecule has 1 heterocycles. The Balaban J connectivity index is 0.898. The van der Waals surface area contributed by atoms with E-state index in [-0.39, 0.29) is 0 Å². The van der Waals surface area contributed by atoms with Crippen LogP contribution in [0.3, 0.4) is 0 Å². The molecule has 0 N–H and O–H groups in total. The average Bonchev–Trinajstić information content (AvgIpc) is 3.39. The van der Waals surface area contributed by atoms with Gasteiger partial charge in [0, 0.05) is 28.5 Å². The first-order chi connectivity index (χ1) is 31.7. The molecule has 2 aliphatic carbocycles. The van der Waals surface area contributed by atoms with Crippen LogP contribution in [0.4, 0.5) is 0 Å². The smallest absolute Gasteiger partial charge is 0.164 e. The molecule has 10 aromatic rings. The number of hydrogen-bond acceptors (Lipinski definition) is 3. The fourth-order valence-corrected chi connectivity index (χ4v) is 9.74. The monoisotopic (exact) mass is 815 g/mol. The van der Waals surface area contributed by atoms with E-state index in [4.69, 9.17) is 15.0 Å². The van der Waals surface area contributed by atoms with E-state index in [0.29, 0.717) is 29.3 Å². The number of nitrogens with zero attached hydrogens (tertiary/aromatic N) is 3. The van der Waals surface area contributed by atoms with E-state index in [1.807, 2.05) is 36.4 Å². The van der Waals surface area contributed by atoms with E-state index in [1.54, 1.807) is 0 Å². The highest BCUT2D eigenvalue weighted by Gasteiger charge is 2.31. The summed E-state index contributed by atoms with van der Waals surface area (Å²) >= 11 is 0. The quantitative estimate of drug-likeness (QED) is 0.161. The third kappa shape index (κ3) is 6.75. The molecule has 0 bridgehead atoms. The molecule has 2 unspecified atom stereocenters. The van der Waals surface area contributed by atoms with Crippen molar-refractivity contribution in [1.82, 2.24) is 15.0 Å². The Morgan fingerprint density at radius 2 is 0.734 bits per heavy atom. The summed E-state index contributed by atoms with van der Waals surface area (Å²) in [5, 5.41) is 2.43. The molecule has 12 rings (SSSR count). The molecule has 0 amide bonds. The van der Waals surface area contributed by atoms with Crippen molar-refractivity contribution < 1.29 is 0 Å². The van der Waals surface area contributed by atoms with Gasteiger partial charge in [0.1, 0.15) is 0 Å². The Hall–Kier alpha value is -8.27. The van der Waals surface area contributed by atoms with Gasteiger partial charge in [-0.2, -0.15) is 0 Å². The summed E-state index contributed by atoms with van der Waals surface area (Å²) in [6, 6.07) is 76.0. The summed E-state index contributed by atoms with van der Waals surface area (Å²) in [7, 11) is 0. The summed E-state index contributed by atoms with van der Waals surface area (Å²) in [5.41, 5.74) is 17.7. The molecule has 300 valence electrons. The van der Waals surface area contributed by atoms with Gasteiger partial charge < -0.3 is 0 Å². The molecule has 0 saturated heterocycles. The number of benzene rings is 9. The Kier molecular flexibility index (Phi) is 9.31. The number of fused-ring (bicyclic) bond motifs is 7. The molecule has 9 aromatic carbocycles. The molecule has 3 heteroatoms. The standard InChI is InChI=1S/C61H41N3/c1-3-13-40(14-4-1)41-25-31-47(32-26-41)60-62-59(46-16-5-2-6-17-46)63-61(64-60)48-33-27-44(28-34-48)51-37-35-43-15-7-8-18-50(43)58(51)45-29-23-42(24-30-45)49-36-38-56-54-21-10-9-19-52(54)53-20-11-12-22-55(53)57(56)39-49/h1-39,52,54H. The molecule has 0 radical (unpaired) electrons. The Bertz CT molecular complexity index is 3400. The van der Waals surface area contributed by atoms with Crippen LogP contribution in [0.5, 0.6) is 0 Å². The summed E-state index contributed by atoms with van der Waals surface area (Å²) < 4.78 is 0. The van der Waals surface area contributed by atoms with Crippen LogP contribution < -0.4 is 0 Å². The van der Waals surface area contributed by atoms with Crippen molar-refractivity contribution in [2.24, 2.45) is 0 Å².